The van der Waals surface area contributed by atoms with Crippen LogP contribution in [0.5, 0.6) is 0 Å². The van der Waals surface area contributed by atoms with Gasteiger partial charge in [-0.15, -0.1) is 0 Å². The van der Waals surface area contributed by atoms with Crippen LogP contribution >= 0.6 is 0 Å². The molecule has 3 nitrogen and oxygen atoms in total. The van der Waals surface area contributed by atoms with Crippen molar-refractivity contribution in [1.82, 2.24) is 0 Å². The Morgan fingerprint density at radius 1 is 1.38 bits per heavy atom. The van der Waals surface area contributed by atoms with E-state index in [1.807, 2.05) is 0 Å². The van der Waals surface area contributed by atoms with Crippen molar-refractivity contribution >= 4 is 0 Å². The highest BCUT2D eigenvalue weighted by atomic mass is 16.7. The van der Waals surface area contributed by atoms with Gasteiger partial charge in [0, 0.05) is 14.2 Å². The van der Waals surface area contributed by atoms with Crippen LogP contribution in [-0.2, 0) is 9.47 Å². The molecule has 0 fully saturated rings. The molecule has 0 aliphatic carbocycles. The Kier molecular flexibility index (Phi) is 2.46. The fourth-order valence-electron chi connectivity index (χ4n) is 0.175. The Balaban J connectivity index is 3.83. The molecule has 0 aliphatic heterocycles. The highest BCUT2D eigenvalue weighted by Gasteiger charge is 2.28. The molecule has 46 valence electrons. The van der Waals surface area contributed by atoms with Crippen molar-refractivity contribution in [2.75, 3.05) is 14.2 Å². The van der Waals surface area contributed by atoms with Crippen LogP contribution in [0, 0.1) is 6.57 Å². The zero-order chi connectivity index (χ0) is 6.62. The van der Waals surface area contributed by atoms with Gasteiger partial charge < -0.3 is 0 Å². The molecule has 0 saturated heterocycles. The molecular formula is C5H9NO2. The maximum atomic E-state index is 6.53. The van der Waals surface area contributed by atoms with E-state index in [0.717, 1.165) is 0 Å². The normalized spacial score (nSPS) is 10.8. The van der Waals surface area contributed by atoms with Crippen molar-refractivity contribution in [2.24, 2.45) is 0 Å². The largest absolute Gasteiger partial charge is 0.453 e. The Morgan fingerprint density at radius 2 is 1.75 bits per heavy atom. The summed E-state index contributed by atoms with van der Waals surface area (Å²) in [5, 5.41) is 0. The van der Waals surface area contributed by atoms with Crippen LogP contribution in [0.2, 0.25) is 0 Å². The van der Waals surface area contributed by atoms with Crippen molar-refractivity contribution in [1.29, 1.82) is 0 Å². The molecule has 0 rings (SSSR count). The second kappa shape index (κ2) is 2.65. The quantitative estimate of drug-likeness (QED) is 0.393. The predicted molar refractivity (Wildman–Crippen MR) is 29.0 cm³/mol. The number of rotatable bonds is 2. The standard InChI is InChI=1S/C5H9NO2/c1-5(6-2,7-3)8-4/h1,3-4H3. The molecule has 0 aromatic carbocycles. The van der Waals surface area contributed by atoms with Crippen LogP contribution in [0.3, 0.4) is 0 Å². The number of hydrogen-bond donors (Lipinski definition) is 0. The first kappa shape index (κ1) is 7.41. The molecule has 0 bridgehead atoms. The molecule has 0 radical (unpaired) electrons. The highest BCUT2D eigenvalue weighted by molar-refractivity contribution is 4.72. The van der Waals surface area contributed by atoms with Gasteiger partial charge >= 0.3 is 5.91 Å². The molecule has 0 spiro atoms. The van der Waals surface area contributed by atoms with E-state index in [2.05, 4.69) is 14.3 Å². The minimum Gasteiger partial charge on any atom is -0.287 e. The van der Waals surface area contributed by atoms with Crippen molar-refractivity contribution in [3.05, 3.63) is 11.4 Å². The third-order valence-electron chi connectivity index (χ3n) is 0.961. The summed E-state index contributed by atoms with van der Waals surface area (Å²) in [6, 6.07) is 0. The van der Waals surface area contributed by atoms with Gasteiger partial charge in [-0.3, -0.25) is 14.3 Å². The van der Waals surface area contributed by atoms with Gasteiger partial charge in [-0.25, -0.2) is 6.57 Å². The molecule has 0 atom stereocenters. The summed E-state index contributed by atoms with van der Waals surface area (Å²) in [5.41, 5.74) is 0. The summed E-state index contributed by atoms with van der Waals surface area (Å²) < 4.78 is 9.32. The van der Waals surface area contributed by atoms with Gasteiger partial charge in [0.15, 0.2) is 0 Å². The fraction of sp³-hybridized carbons (Fsp3) is 0.800. The van der Waals surface area contributed by atoms with E-state index in [9.17, 15) is 0 Å². The van der Waals surface area contributed by atoms with Crippen LogP contribution in [0.1, 0.15) is 6.92 Å². The Bertz CT molecular complexity index is 101. The lowest BCUT2D eigenvalue weighted by Crippen LogP contribution is -2.24. The molecule has 3 heteroatoms. The van der Waals surface area contributed by atoms with Gasteiger partial charge in [0.2, 0.25) is 0 Å². The van der Waals surface area contributed by atoms with E-state index in [0.29, 0.717) is 0 Å². The Labute approximate surface area is 49.0 Å². The summed E-state index contributed by atoms with van der Waals surface area (Å²) in [4.78, 5) is 3.06. The van der Waals surface area contributed by atoms with Crippen molar-refractivity contribution in [2.45, 2.75) is 12.8 Å². The van der Waals surface area contributed by atoms with E-state index in [1.165, 1.54) is 14.2 Å². The molecule has 0 heterocycles. The summed E-state index contributed by atoms with van der Waals surface area (Å²) in [6.45, 7) is 8.09. The molecule has 0 amide bonds. The topological polar surface area (TPSA) is 22.8 Å². The van der Waals surface area contributed by atoms with Crippen LogP contribution < -0.4 is 0 Å². The average Bonchev–Trinajstić information content (AvgIpc) is 1.87. The number of ether oxygens (including phenoxy) is 2. The number of hydrogen-bond acceptors (Lipinski definition) is 2. The maximum Gasteiger partial charge on any atom is 0.453 e. The second-order valence-corrected chi connectivity index (χ2v) is 1.42. The van der Waals surface area contributed by atoms with Gasteiger partial charge in [0.1, 0.15) is 0 Å². The summed E-state index contributed by atoms with van der Waals surface area (Å²) in [6.07, 6.45) is 0. The predicted octanol–water partition coefficient (Wildman–Crippen LogP) is 0.872. The third kappa shape index (κ3) is 1.49. The first-order chi connectivity index (χ1) is 3.68. The van der Waals surface area contributed by atoms with Crippen LogP contribution in [0.15, 0.2) is 0 Å². The third-order valence-corrected chi connectivity index (χ3v) is 0.961. The van der Waals surface area contributed by atoms with Gasteiger partial charge in [-0.05, 0) is 0 Å². The number of nitrogens with zero attached hydrogens (tertiary/aromatic N) is 1. The van der Waals surface area contributed by atoms with E-state index in [1.54, 1.807) is 6.92 Å². The van der Waals surface area contributed by atoms with Crippen molar-refractivity contribution in [3.63, 3.8) is 0 Å². The van der Waals surface area contributed by atoms with Crippen LogP contribution in [-0.4, -0.2) is 20.1 Å². The van der Waals surface area contributed by atoms with E-state index >= 15 is 0 Å². The van der Waals surface area contributed by atoms with Gasteiger partial charge in [0.25, 0.3) is 0 Å². The zero-order valence-corrected chi connectivity index (χ0v) is 5.26. The summed E-state index contributed by atoms with van der Waals surface area (Å²) in [5.74, 6) is -1.08. The number of methoxy groups -OCH3 is 2. The minimum atomic E-state index is -1.08. The second-order valence-electron chi connectivity index (χ2n) is 1.42. The molecule has 0 unspecified atom stereocenters. The van der Waals surface area contributed by atoms with E-state index in [4.69, 9.17) is 6.57 Å². The first-order valence-electron chi connectivity index (χ1n) is 2.17. The Morgan fingerprint density at radius 3 is 1.75 bits per heavy atom. The maximum absolute atomic E-state index is 6.53. The molecule has 0 aromatic heterocycles. The Hall–Kier alpha value is -0.590. The van der Waals surface area contributed by atoms with Gasteiger partial charge in [-0.1, -0.05) is 0 Å². The lowest BCUT2D eigenvalue weighted by molar-refractivity contribution is -0.158. The summed E-state index contributed by atoms with van der Waals surface area (Å²) in [7, 11) is 2.86. The monoisotopic (exact) mass is 115 g/mol. The smallest absolute Gasteiger partial charge is 0.287 e. The lowest BCUT2D eigenvalue weighted by Gasteiger charge is -2.10. The molecular weight excluding hydrogens is 106 g/mol. The van der Waals surface area contributed by atoms with E-state index in [-0.39, 0.29) is 0 Å². The highest BCUT2D eigenvalue weighted by Crippen LogP contribution is 2.09. The summed E-state index contributed by atoms with van der Waals surface area (Å²) >= 11 is 0. The molecule has 8 heavy (non-hydrogen) atoms. The molecule has 0 aromatic rings. The molecule has 0 N–H and O–H groups in total. The van der Waals surface area contributed by atoms with Crippen molar-refractivity contribution < 1.29 is 9.47 Å². The van der Waals surface area contributed by atoms with Gasteiger partial charge in [-0.2, -0.15) is 0 Å². The zero-order valence-electron chi connectivity index (χ0n) is 5.26. The molecule has 0 aliphatic rings. The van der Waals surface area contributed by atoms with E-state index < -0.39 is 5.91 Å². The minimum absolute atomic E-state index is 1.08. The average molecular weight is 115 g/mol. The first-order valence-corrected chi connectivity index (χ1v) is 2.17. The van der Waals surface area contributed by atoms with Crippen molar-refractivity contribution in [3.8, 4) is 0 Å². The fourth-order valence-corrected chi connectivity index (χ4v) is 0.175. The van der Waals surface area contributed by atoms with Crippen LogP contribution in [0.4, 0.5) is 0 Å². The lowest BCUT2D eigenvalue weighted by atomic mass is 10.6. The SMILES string of the molecule is [C-]#[N+]C(C)(OC)OC. The molecule has 0 saturated carbocycles. The van der Waals surface area contributed by atoms with Crippen LogP contribution in [0.25, 0.3) is 4.85 Å². The van der Waals surface area contributed by atoms with Gasteiger partial charge in [0.05, 0.1) is 6.92 Å².